The first kappa shape index (κ1) is 35.4. The minimum Gasteiger partial charge on any atom is -0.395 e. The molecule has 2 amide bonds. The van der Waals surface area contributed by atoms with Crippen LogP contribution in [0.25, 0.3) is 0 Å². The molecule has 3 aromatic rings. The zero-order valence-electron chi connectivity index (χ0n) is 25.8. The molecule has 0 unspecified atom stereocenters. The maximum atomic E-state index is 13.5. The van der Waals surface area contributed by atoms with E-state index in [1.54, 1.807) is 49.5 Å². The highest BCUT2D eigenvalue weighted by atomic mass is 79.9. The molecule has 2 aromatic carbocycles. The van der Waals surface area contributed by atoms with Crippen molar-refractivity contribution in [3.05, 3.63) is 93.7 Å². The second kappa shape index (κ2) is 16.8. The number of aliphatic hydroxyl groups is 1. The van der Waals surface area contributed by atoms with Gasteiger partial charge in [-0.1, -0.05) is 78.2 Å². The van der Waals surface area contributed by atoms with Crippen LogP contribution >= 0.6 is 15.9 Å². The Kier molecular flexibility index (Phi) is 13.5. The van der Waals surface area contributed by atoms with E-state index in [1.165, 1.54) is 4.31 Å². The van der Waals surface area contributed by atoms with E-state index in [9.17, 15) is 23.1 Å². The van der Waals surface area contributed by atoms with E-state index < -0.39 is 28.0 Å². The first-order valence-corrected chi connectivity index (χ1v) is 17.1. The number of benzene rings is 2. The van der Waals surface area contributed by atoms with Gasteiger partial charge in [0.1, 0.15) is 11.7 Å². The second-order valence-corrected chi connectivity index (χ2v) is 14.1. The van der Waals surface area contributed by atoms with Gasteiger partial charge in [0.15, 0.2) is 0 Å². The molecule has 0 aliphatic heterocycles. The smallest absolute Gasteiger partial charge is 0.270 e. The molecule has 1 aromatic heterocycles. The number of amides is 2. The number of unbranched alkanes of at least 4 members (excludes halogenated alkanes) is 1. The van der Waals surface area contributed by atoms with Crippen molar-refractivity contribution in [1.29, 1.82) is 0 Å². The Morgan fingerprint density at radius 3 is 2.34 bits per heavy atom. The first-order chi connectivity index (χ1) is 20.9. The highest BCUT2D eigenvalue weighted by Gasteiger charge is 2.31. The SMILES string of the molecule is Cc1ccc(S(=O)(=O)N(CC(C)C)[C@H](CO)CCCCNC(=O)[C@H](Cc2ccccc2Br)NC(=O)c2ncccc2C)cc1. The molecule has 2 atom stereocenters. The third-order valence-electron chi connectivity index (χ3n) is 7.28. The van der Waals surface area contributed by atoms with E-state index in [4.69, 9.17) is 0 Å². The van der Waals surface area contributed by atoms with Gasteiger partial charge in [-0.25, -0.2) is 8.42 Å². The van der Waals surface area contributed by atoms with Gasteiger partial charge in [0.25, 0.3) is 5.91 Å². The summed E-state index contributed by atoms with van der Waals surface area (Å²) in [5.41, 5.74) is 2.81. The fourth-order valence-corrected chi connectivity index (χ4v) is 7.11. The molecule has 1 heterocycles. The minimum atomic E-state index is -3.81. The lowest BCUT2D eigenvalue weighted by molar-refractivity contribution is -0.122. The molecule has 0 aliphatic rings. The number of aliphatic hydroxyl groups excluding tert-OH is 1. The van der Waals surface area contributed by atoms with Crippen molar-refractivity contribution in [2.75, 3.05) is 19.7 Å². The predicted molar refractivity (Wildman–Crippen MR) is 176 cm³/mol. The van der Waals surface area contributed by atoms with Gasteiger partial charge < -0.3 is 15.7 Å². The molecule has 238 valence electrons. The van der Waals surface area contributed by atoms with Gasteiger partial charge in [0.2, 0.25) is 15.9 Å². The zero-order valence-corrected chi connectivity index (χ0v) is 28.2. The molecular weight excluding hydrogens is 644 g/mol. The van der Waals surface area contributed by atoms with E-state index in [2.05, 4.69) is 31.5 Å². The van der Waals surface area contributed by atoms with E-state index >= 15 is 0 Å². The van der Waals surface area contributed by atoms with E-state index in [-0.39, 0.29) is 42.0 Å². The Morgan fingerprint density at radius 1 is 1.00 bits per heavy atom. The summed E-state index contributed by atoms with van der Waals surface area (Å²) in [7, 11) is -3.81. The molecule has 0 saturated heterocycles. The van der Waals surface area contributed by atoms with Gasteiger partial charge in [0.05, 0.1) is 11.5 Å². The Bertz CT molecular complexity index is 1500. The molecule has 9 nitrogen and oxygen atoms in total. The van der Waals surface area contributed by atoms with Crippen molar-refractivity contribution in [3.63, 3.8) is 0 Å². The van der Waals surface area contributed by atoms with Gasteiger partial charge in [-0.2, -0.15) is 4.31 Å². The monoisotopic (exact) mass is 686 g/mol. The average Bonchev–Trinajstić information content (AvgIpc) is 2.99. The number of nitrogens with one attached hydrogen (secondary N) is 2. The molecule has 44 heavy (non-hydrogen) atoms. The summed E-state index contributed by atoms with van der Waals surface area (Å²) in [5.74, 6) is -0.693. The standard InChI is InChI=1S/C33H43BrN4O5S/c1-23(2)21-38(44(42,43)28-16-14-24(3)15-17-28)27(22-39)12-7-8-18-36-32(40)30(20-26-11-5-6-13-29(26)34)37-33(41)31-25(4)10-9-19-35-31/h5-6,9-11,13-17,19,23,27,30,39H,7-8,12,18,20-22H2,1-4H3,(H,36,40)(H,37,41)/t27-,30-/m0/s1. The number of hydrogen-bond acceptors (Lipinski definition) is 6. The van der Waals surface area contributed by atoms with Gasteiger partial charge in [0, 0.05) is 36.2 Å². The summed E-state index contributed by atoms with van der Waals surface area (Å²) in [6.45, 7) is 7.88. The van der Waals surface area contributed by atoms with Crippen molar-refractivity contribution in [2.24, 2.45) is 5.92 Å². The molecule has 0 spiro atoms. The Hall–Kier alpha value is -3.12. The summed E-state index contributed by atoms with van der Waals surface area (Å²) >= 11 is 3.52. The molecule has 0 saturated carbocycles. The maximum absolute atomic E-state index is 13.5. The number of sulfonamides is 1. The molecule has 0 bridgehead atoms. The van der Waals surface area contributed by atoms with Gasteiger partial charge in [-0.3, -0.25) is 14.6 Å². The number of rotatable bonds is 16. The van der Waals surface area contributed by atoms with Crippen molar-refractivity contribution in [3.8, 4) is 0 Å². The summed E-state index contributed by atoms with van der Waals surface area (Å²) in [6, 6.07) is 16.4. The number of aromatic nitrogens is 1. The van der Waals surface area contributed by atoms with Gasteiger partial charge in [-0.05, 0) is 68.0 Å². The number of hydrogen-bond donors (Lipinski definition) is 3. The van der Waals surface area contributed by atoms with Crippen LogP contribution in [-0.4, -0.2) is 66.4 Å². The van der Waals surface area contributed by atoms with Crippen LogP contribution in [0.1, 0.15) is 60.3 Å². The summed E-state index contributed by atoms with van der Waals surface area (Å²) < 4.78 is 29.3. The van der Waals surface area contributed by atoms with Crippen LogP contribution in [0.2, 0.25) is 0 Å². The second-order valence-electron chi connectivity index (χ2n) is 11.4. The number of nitrogens with zero attached hydrogens (tertiary/aromatic N) is 2. The molecule has 11 heteroatoms. The van der Waals surface area contributed by atoms with Crippen LogP contribution in [-0.2, 0) is 21.2 Å². The van der Waals surface area contributed by atoms with E-state index in [0.717, 1.165) is 15.6 Å². The van der Waals surface area contributed by atoms with Crippen molar-refractivity contribution < 1.29 is 23.1 Å². The van der Waals surface area contributed by atoms with Crippen molar-refractivity contribution >= 4 is 37.8 Å². The molecule has 0 fully saturated rings. The van der Waals surface area contributed by atoms with E-state index in [1.807, 2.05) is 45.0 Å². The fraction of sp³-hybridized carbons (Fsp3) is 0.424. The highest BCUT2D eigenvalue weighted by molar-refractivity contribution is 9.10. The quantitative estimate of drug-likeness (QED) is 0.186. The molecule has 3 N–H and O–H groups in total. The average molecular weight is 688 g/mol. The lowest BCUT2D eigenvalue weighted by atomic mass is 10.0. The number of halogens is 1. The summed E-state index contributed by atoms with van der Waals surface area (Å²) in [6.07, 6.45) is 3.40. The Balaban J connectivity index is 1.64. The van der Waals surface area contributed by atoms with Crippen LogP contribution in [0, 0.1) is 19.8 Å². The molecular formula is C33H43BrN4O5S. The largest absolute Gasteiger partial charge is 0.395 e. The lowest BCUT2D eigenvalue weighted by Gasteiger charge is -2.31. The normalized spacial score (nSPS) is 13.1. The molecule has 3 rings (SSSR count). The van der Waals surface area contributed by atoms with Crippen LogP contribution < -0.4 is 10.6 Å². The van der Waals surface area contributed by atoms with E-state index in [0.29, 0.717) is 31.4 Å². The zero-order chi connectivity index (χ0) is 32.3. The van der Waals surface area contributed by atoms with Crippen LogP contribution in [0.5, 0.6) is 0 Å². The number of carbonyl (C=O) groups excluding carboxylic acids is 2. The lowest BCUT2D eigenvalue weighted by Crippen LogP contribution is -2.48. The van der Waals surface area contributed by atoms with Gasteiger partial charge in [-0.15, -0.1) is 0 Å². The minimum absolute atomic E-state index is 0.0650. The summed E-state index contributed by atoms with van der Waals surface area (Å²) in [4.78, 5) is 30.7. The Labute approximate surface area is 269 Å². The third-order valence-corrected chi connectivity index (χ3v) is 9.99. The fourth-order valence-electron chi connectivity index (χ4n) is 4.86. The van der Waals surface area contributed by atoms with Gasteiger partial charge >= 0.3 is 0 Å². The predicted octanol–water partition coefficient (Wildman–Crippen LogP) is 4.80. The topological polar surface area (TPSA) is 129 Å². The van der Waals surface area contributed by atoms with Crippen LogP contribution in [0.15, 0.2) is 76.2 Å². The first-order valence-electron chi connectivity index (χ1n) is 14.9. The van der Waals surface area contributed by atoms with Crippen LogP contribution in [0.4, 0.5) is 0 Å². The third kappa shape index (κ3) is 9.95. The Morgan fingerprint density at radius 2 is 1.70 bits per heavy atom. The molecule has 0 radical (unpaired) electrons. The van der Waals surface area contributed by atoms with Crippen LogP contribution in [0.3, 0.4) is 0 Å². The van der Waals surface area contributed by atoms with Crippen molar-refractivity contribution in [1.82, 2.24) is 19.9 Å². The maximum Gasteiger partial charge on any atom is 0.270 e. The molecule has 0 aliphatic carbocycles. The summed E-state index contributed by atoms with van der Waals surface area (Å²) in [5, 5.41) is 16.0. The highest BCUT2D eigenvalue weighted by Crippen LogP contribution is 2.23. The number of pyridine rings is 1. The van der Waals surface area contributed by atoms with Crippen molar-refractivity contribution in [2.45, 2.75) is 70.4 Å². The number of carbonyl (C=O) groups is 2. The number of aryl methyl sites for hydroxylation is 2.